The summed E-state index contributed by atoms with van der Waals surface area (Å²) < 4.78 is 45.0. The van der Waals surface area contributed by atoms with Gasteiger partial charge in [0.15, 0.2) is 11.6 Å². The van der Waals surface area contributed by atoms with E-state index in [0.717, 1.165) is 6.07 Å². The topological polar surface area (TPSA) is 105 Å². The van der Waals surface area contributed by atoms with E-state index in [0.29, 0.717) is 30.3 Å². The Bertz CT molecular complexity index is 1070. The summed E-state index contributed by atoms with van der Waals surface area (Å²) in [5.41, 5.74) is 9.49. The number of benzene rings is 2. The van der Waals surface area contributed by atoms with Crippen LogP contribution < -0.4 is 11.2 Å². The normalized spacial score (nSPS) is 14.5. The summed E-state index contributed by atoms with van der Waals surface area (Å²) in [4.78, 5) is 38.6. The fourth-order valence-electron chi connectivity index (χ4n) is 3.61. The molecule has 1 heterocycles. The van der Waals surface area contributed by atoms with Crippen LogP contribution >= 0.6 is 12.4 Å². The SMILES string of the molecule is COC(=O)c1ccc(C(=O)N2CCNN(C(=O)C[C@H](N)Cc3cc(F)c(F)cc3F)CC2)cc1.Cl. The van der Waals surface area contributed by atoms with Gasteiger partial charge in [0.1, 0.15) is 5.82 Å². The lowest BCUT2D eigenvalue weighted by Crippen LogP contribution is -2.46. The number of halogens is 4. The average molecular weight is 515 g/mol. The number of hydrazine groups is 1. The van der Waals surface area contributed by atoms with Crippen molar-refractivity contribution in [1.82, 2.24) is 15.3 Å². The molecule has 2 aromatic carbocycles. The average Bonchev–Trinajstić information content (AvgIpc) is 3.08. The number of carbonyl (C=O) groups excluding carboxylic acids is 3. The lowest BCUT2D eigenvalue weighted by atomic mass is 10.0. The van der Waals surface area contributed by atoms with E-state index in [9.17, 15) is 27.6 Å². The number of nitrogens with zero attached hydrogens (tertiary/aromatic N) is 2. The van der Waals surface area contributed by atoms with E-state index in [4.69, 9.17) is 5.73 Å². The van der Waals surface area contributed by atoms with Crippen LogP contribution in [0.15, 0.2) is 36.4 Å². The van der Waals surface area contributed by atoms with Crippen molar-refractivity contribution in [3.8, 4) is 0 Å². The van der Waals surface area contributed by atoms with Crippen molar-refractivity contribution in [3.05, 3.63) is 70.5 Å². The number of nitrogens with one attached hydrogen (secondary N) is 1. The van der Waals surface area contributed by atoms with Crippen molar-refractivity contribution in [2.24, 2.45) is 5.73 Å². The van der Waals surface area contributed by atoms with E-state index < -0.39 is 29.5 Å². The van der Waals surface area contributed by atoms with Crippen molar-refractivity contribution in [3.63, 3.8) is 0 Å². The van der Waals surface area contributed by atoms with Gasteiger partial charge in [0.05, 0.1) is 19.2 Å². The zero-order chi connectivity index (χ0) is 24.8. The Kier molecular flexibility index (Phi) is 10.1. The number of nitrogens with two attached hydrogens (primary N) is 1. The minimum Gasteiger partial charge on any atom is -0.465 e. The molecule has 35 heavy (non-hydrogen) atoms. The Morgan fingerprint density at radius 2 is 1.63 bits per heavy atom. The third-order valence-corrected chi connectivity index (χ3v) is 5.43. The molecule has 0 unspecified atom stereocenters. The second-order valence-corrected chi connectivity index (χ2v) is 7.84. The van der Waals surface area contributed by atoms with E-state index in [1.807, 2.05) is 0 Å². The number of rotatable bonds is 6. The highest BCUT2D eigenvalue weighted by atomic mass is 35.5. The third kappa shape index (κ3) is 7.17. The monoisotopic (exact) mass is 514 g/mol. The zero-order valence-electron chi connectivity index (χ0n) is 18.9. The highest BCUT2D eigenvalue weighted by Gasteiger charge is 2.24. The van der Waals surface area contributed by atoms with Gasteiger partial charge in [-0.25, -0.2) is 23.4 Å². The third-order valence-electron chi connectivity index (χ3n) is 5.43. The van der Waals surface area contributed by atoms with Gasteiger partial charge in [0.25, 0.3) is 5.91 Å². The van der Waals surface area contributed by atoms with Crippen molar-refractivity contribution < 1.29 is 32.3 Å². The Hall–Kier alpha value is -3.15. The van der Waals surface area contributed by atoms with Crippen molar-refractivity contribution in [1.29, 1.82) is 0 Å². The maximum atomic E-state index is 13.8. The predicted octanol–water partition coefficient (Wildman–Crippen LogP) is 2.06. The molecule has 0 aromatic heterocycles. The van der Waals surface area contributed by atoms with Crippen LogP contribution in [-0.2, 0) is 16.0 Å². The number of carbonyl (C=O) groups is 3. The quantitative estimate of drug-likeness (QED) is 0.452. The summed E-state index contributed by atoms with van der Waals surface area (Å²) in [6.07, 6.45) is -0.302. The molecule has 8 nitrogen and oxygen atoms in total. The molecule has 2 amide bonds. The molecule has 190 valence electrons. The molecule has 0 aliphatic carbocycles. The lowest BCUT2D eigenvalue weighted by molar-refractivity contribution is -0.134. The Morgan fingerprint density at radius 3 is 2.29 bits per heavy atom. The molecule has 3 N–H and O–H groups in total. The summed E-state index contributed by atoms with van der Waals surface area (Å²) in [7, 11) is 1.27. The second-order valence-electron chi connectivity index (χ2n) is 7.84. The molecule has 0 bridgehead atoms. The van der Waals surface area contributed by atoms with Gasteiger partial charge in [-0.05, 0) is 42.3 Å². The minimum absolute atomic E-state index is 0. The van der Waals surface area contributed by atoms with E-state index >= 15 is 0 Å². The molecule has 2 aromatic rings. The number of hydrogen-bond acceptors (Lipinski definition) is 6. The molecule has 0 saturated carbocycles. The first kappa shape index (κ1) is 28.1. The molecule has 1 aliphatic heterocycles. The van der Waals surface area contributed by atoms with Crippen molar-refractivity contribution in [2.75, 3.05) is 33.3 Å². The first-order chi connectivity index (χ1) is 16.2. The van der Waals surface area contributed by atoms with Crippen LogP contribution in [-0.4, -0.2) is 67.0 Å². The molecular formula is C23H26ClF3N4O4. The number of esters is 1. The molecule has 1 atom stereocenters. The molecular weight excluding hydrogens is 489 g/mol. The van der Waals surface area contributed by atoms with Gasteiger partial charge in [0.2, 0.25) is 5.91 Å². The standard InChI is InChI=1S/C23H25F3N4O4.ClH/c1-34-23(33)15-4-2-14(3-5-15)22(32)29-7-6-28-30(9-8-29)21(31)12-17(27)10-16-11-19(25)20(26)13-18(16)24;/h2-5,11,13,17,28H,6-10,12,27H2,1H3;1H/t17-;/m1./s1. The number of ether oxygens (including phenoxy) is 1. The maximum Gasteiger partial charge on any atom is 0.337 e. The van der Waals surface area contributed by atoms with Gasteiger partial charge in [-0.2, -0.15) is 0 Å². The van der Waals surface area contributed by atoms with Crippen LogP contribution in [0.1, 0.15) is 32.7 Å². The Labute approximate surface area is 206 Å². The predicted molar refractivity (Wildman–Crippen MR) is 123 cm³/mol. The smallest absolute Gasteiger partial charge is 0.337 e. The number of methoxy groups -OCH3 is 1. The molecule has 3 rings (SSSR count). The van der Waals surface area contributed by atoms with Crippen LogP contribution in [0.3, 0.4) is 0 Å². The fourth-order valence-corrected chi connectivity index (χ4v) is 3.61. The van der Waals surface area contributed by atoms with Gasteiger partial charge in [-0.15, -0.1) is 12.4 Å². The highest BCUT2D eigenvalue weighted by Crippen LogP contribution is 2.16. The van der Waals surface area contributed by atoms with E-state index in [2.05, 4.69) is 10.2 Å². The van der Waals surface area contributed by atoms with E-state index in [1.54, 1.807) is 4.90 Å². The molecule has 1 aliphatic rings. The lowest BCUT2D eigenvalue weighted by Gasteiger charge is -2.23. The number of hydrogen-bond donors (Lipinski definition) is 2. The van der Waals surface area contributed by atoms with Crippen molar-refractivity contribution >= 4 is 30.2 Å². The maximum absolute atomic E-state index is 13.8. The van der Waals surface area contributed by atoms with Crippen molar-refractivity contribution in [2.45, 2.75) is 18.9 Å². The largest absolute Gasteiger partial charge is 0.465 e. The first-order valence-corrected chi connectivity index (χ1v) is 10.6. The summed E-state index contributed by atoms with van der Waals surface area (Å²) >= 11 is 0. The van der Waals surface area contributed by atoms with Gasteiger partial charge >= 0.3 is 5.97 Å². The van der Waals surface area contributed by atoms with Crippen LogP contribution in [0.4, 0.5) is 13.2 Å². The van der Waals surface area contributed by atoms with E-state index in [-0.39, 0.29) is 55.7 Å². The Morgan fingerprint density at radius 1 is 1.00 bits per heavy atom. The molecule has 12 heteroatoms. The van der Waals surface area contributed by atoms with Gasteiger partial charge < -0.3 is 15.4 Å². The van der Waals surface area contributed by atoms with Gasteiger partial charge in [-0.1, -0.05) is 0 Å². The zero-order valence-corrected chi connectivity index (χ0v) is 19.7. The summed E-state index contributed by atoms with van der Waals surface area (Å²) in [5.74, 6) is -4.53. The van der Waals surface area contributed by atoms with Gasteiger partial charge in [0, 0.05) is 43.7 Å². The van der Waals surface area contributed by atoms with Crippen LogP contribution in [0.25, 0.3) is 0 Å². The minimum atomic E-state index is -1.29. The fraction of sp³-hybridized carbons (Fsp3) is 0.348. The highest BCUT2D eigenvalue weighted by molar-refractivity contribution is 5.96. The summed E-state index contributed by atoms with van der Waals surface area (Å²) in [5, 5.41) is 1.34. The molecule has 0 spiro atoms. The second kappa shape index (κ2) is 12.5. The first-order valence-electron chi connectivity index (χ1n) is 10.6. The molecule has 0 radical (unpaired) electrons. The summed E-state index contributed by atoms with van der Waals surface area (Å²) in [6, 6.07) is 6.44. The van der Waals surface area contributed by atoms with Crippen LogP contribution in [0.2, 0.25) is 0 Å². The van der Waals surface area contributed by atoms with Crippen LogP contribution in [0, 0.1) is 17.5 Å². The van der Waals surface area contributed by atoms with E-state index in [1.165, 1.54) is 36.4 Å². The van der Waals surface area contributed by atoms with Crippen LogP contribution in [0.5, 0.6) is 0 Å². The van der Waals surface area contributed by atoms with Gasteiger partial charge in [-0.3, -0.25) is 14.6 Å². The molecule has 1 saturated heterocycles. The molecule has 1 fully saturated rings. The summed E-state index contributed by atoms with van der Waals surface area (Å²) in [6.45, 7) is 1.10. The Balaban J connectivity index is 0.00000432. The number of amides is 2.